The van der Waals surface area contributed by atoms with E-state index in [9.17, 15) is 0 Å². The maximum atomic E-state index is 5.44. The maximum Gasteiger partial charge on any atom is 0.187 e. The van der Waals surface area contributed by atoms with Crippen LogP contribution < -0.4 is 0 Å². The summed E-state index contributed by atoms with van der Waals surface area (Å²) in [4.78, 5) is 8.96. The lowest BCUT2D eigenvalue weighted by molar-refractivity contribution is 0.0371. The Balaban J connectivity index is 2.00. The van der Waals surface area contributed by atoms with Gasteiger partial charge in [-0.3, -0.25) is 0 Å². The van der Waals surface area contributed by atoms with E-state index >= 15 is 0 Å². The number of ether oxygens (including phenoxy) is 1. The quantitative estimate of drug-likeness (QED) is 0.524. The third kappa shape index (κ3) is 3.62. The molecule has 0 N–H and O–H groups in total. The van der Waals surface area contributed by atoms with Crippen LogP contribution in [0.2, 0.25) is 0 Å². The van der Waals surface area contributed by atoms with Gasteiger partial charge in [-0.1, -0.05) is 11.8 Å². The first-order valence-electron chi connectivity index (χ1n) is 6.27. The fourth-order valence-electron chi connectivity index (χ4n) is 2.13. The zero-order valence-electron chi connectivity index (χ0n) is 11.0. The average molecular weight is 284 g/mol. The van der Waals surface area contributed by atoms with Crippen LogP contribution in [-0.2, 0) is 4.74 Å². The molecule has 0 radical (unpaired) electrons. The molecule has 2 rings (SSSR count). The van der Waals surface area contributed by atoms with Crippen molar-refractivity contribution in [3.63, 3.8) is 0 Å². The third-order valence-electron chi connectivity index (χ3n) is 3.36. The van der Waals surface area contributed by atoms with E-state index in [0.29, 0.717) is 0 Å². The van der Waals surface area contributed by atoms with Gasteiger partial charge in [0, 0.05) is 30.4 Å². The molecule has 0 atom stereocenters. The summed E-state index contributed by atoms with van der Waals surface area (Å²) < 4.78 is 5.44. The summed E-state index contributed by atoms with van der Waals surface area (Å²) in [6, 6.07) is 2.01. The summed E-state index contributed by atoms with van der Waals surface area (Å²) in [5.41, 5.74) is 2.36. The Labute approximate surface area is 119 Å². The van der Waals surface area contributed by atoms with Gasteiger partial charge in [0.2, 0.25) is 0 Å². The molecule has 0 saturated carbocycles. The molecular weight excluding hydrogens is 264 g/mol. The van der Waals surface area contributed by atoms with Crippen LogP contribution in [0.15, 0.2) is 11.2 Å². The number of thiol groups is 1. The number of rotatable bonds is 4. The molecule has 0 aromatic carbocycles. The number of thioether (sulfide) groups is 1. The Hall–Kier alpha value is -0.260. The van der Waals surface area contributed by atoms with Gasteiger partial charge in [-0.05, 0) is 43.9 Å². The van der Waals surface area contributed by atoms with Crippen LogP contribution in [0.3, 0.4) is 0 Å². The van der Waals surface area contributed by atoms with Crippen molar-refractivity contribution in [3.05, 3.63) is 17.5 Å². The van der Waals surface area contributed by atoms with Gasteiger partial charge in [-0.15, -0.1) is 0 Å². The molecular formula is C13H20N2OS2. The predicted molar refractivity (Wildman–Crippen MR) is 78.6 cm³/mol. The second-order valence-electron chi connectivity index (χ2n) is 4.99. The molecule has 0 bridgehead atoms. The fraction of sp³-hybridized carbons (Fsp3) is 0.692. The molecule has 1 aliphatic heterocycles. The van der Waals surface area contributed by atoms with E-state index in [2.05, 4.69) is 22.6 Å². The maximum absolute atomic E-state index is 5.44. The van der Waals surface area contributed by atoms with Gasteiger partial charge in [0.25, 0.3) is 0 Å². The SMILES string of the molecule is Cc1cc(C)nc(SCC2(CS)CCOCC2)n1. The average Bonchev–Trinajstić information content (AvgIpc) is 2.36. The van der Waals surface area contributed by atoms with Crippen molar-refractivity contribution in [2.75, 3.05) is 24.7 Å². The van der Waals surface area contributed by atoms with E-state index in [-0.39, 0.29) is 5.41 Å². The lowest BCUT2D eigenvalue weighted by Crippen LogP contribution is -2.33. The molecule has 0 unspecified atom stereocenters. The Morgan fingerprint density at radius 3 is 2.44 bits per heavy atom. The number of aromatic nitrogens is 2. The predicted octanol–water partition coefficient (Wildman–Crippen LogP) is 2.91. The van der Waals surface area contributed by atoms with Crippen molar-refractivity contribution in [2.24, 2.45) is 5.41 Å². The van der Waals surface area contributed by atoms with Crippen molar-refractivity contribution in [1.29, 1.82) is 0 Å². The topological polar surface area (TPSA) is 35.0 Å². The van der Waals surface area contributed by atoms with Gasteiger partial charge < -0.3 is 4.74 Å². The van der Waals surface area contributed by atoms with Gasteiger partial charge in [0.05, 0.1) is 0 Å². The fourth-order valence-corrected chi connectivity index (χ4v) is 3.95. The van der Waals surface area contributed by atoms with Crippen LogP contribution in [-0.4, -0.2) is 34.7 Å². The zero-order valence-corrected chi connectivity index (χ0v) is 12.7. The van der Waals surface area contributed by atoms with Crippen LogP contribution in [0.25, 0.3) is 0 Å². The second kappa shape index (κ2) is 6.26. The van der Waals surface area contributed by atoms with Crippen LogP contribution >= 0.6 is 24.4 Å². The highest BCUT2D eigenvalue weighted by atomic mass is 32.2. The number of hydrogen-bond acceptors (Lipinski definition) is 5. The third-order valence-corrected chi connectivity index (χ3v) is 5.23. The molecule has 1 aromatic heterocycles. The number of nitrogens with zero attached hydrogens (tertiary/aromatic N) is 2. The van der Waals surface area contributed by atoms with Crippen LogP contribution in [0, 0.1) is 19.3 Å². The molecule has 2 heterocycles. The molecule has 3 nitrogen and oxygen atoms in total. The first-order valence-corrected chi connectivity index (χ1v) is 7.89. The van der Waals surface area contributed by atoms with E-state index in [0.717, 1.165) is 54.1 Å². The minimum absolute atomic E-state index is 0.285. The minimum Gasteiger partial charge on any atom is -0.381 e. The number of aryl methyl sites for hydroxylation is 2. The molecule has 1 fully saturated rings. The van der Waals surface area contributed by atoms with Crippen molar-refractivity contribution in [1.82, 2.24) is 9.97 Å². The van der Waals surface area contributed by atoms with Gasteiger partial charge >= 0.3 is 0 Å². The summed E-state index contributed by atoms with van der Waals surface area (Å²) in [7, 11) is 0. The van der Waals surface area contributed by atoms with Crippen molar-refractivity contribution < 1.29 is 4.74 Å². The van der Waals surface area contributed by atoms with E-state index in [1.54, 1.807) is 11.8 Å². The summed E-state index contributed by atoms with van der Waals surface area (Å²) in [6.45, 7) is 5.74. The summed E-state index contributed by atoms with van der Waals surface area (Å²) >= 11 is 6.28. The minimum atomic E-state index is 0.285. The molecule has 18 heavy (non-hydrogen) atoms. The molecule has 1 aliphatic rings. The van der Waals surface area contributed by atoms with Gasteiger partial charge in [-0.25, -0.2) is 9.97 Å². The summed E-state index contributed by atoms with van der Waals surface area (Å²) in [5.74, 6) is 1.94. The van der Waals surface area contributed by atoms with Crippen LogP contribution in [0.5, 0.6) is 0 Å². The van der Waals surface area contributed by atoms with E-state index < -0.39 is 0 Å². The summed E-state index contributed by atoms with van der Waals surface area (Å²) in [6.07, 6.45) is 2.18. The van der Waals surface area contributed by atoms with E-state index in [1.807, 2.05) is 19.9 Å². The van der Waals surface area contributed by atoms with Gasteiger partial charge in [0.15, 0.2) is 5.16 Å². The lowest BCUT2D eigenvalue weighted by Gasteiger charge is -2.35. The Kier molecular flexibility index (Phi) is 4.92. The van der Waals surface area contributed by atoms with E-state index in [1.165, 1.54) is 0 Å². The van der Waals surface area contributed by atoms with Gasteiger partial charge in [-0.2, -0.15) is 12.6 Å². The molecule has 1 saturated heterocycles. The molecule has 100 valence electrons. The molecule has 0 spiro atoms. The first kappa shape index (κ1) is 14.2. The zero-order chi connectivity index (χ0) is 13.0. The second-order valence-corrected chi connectivity index (χ2v) is 6.25. The normalized spacial score (nSPS) is 18.8. The standard InChI is InChI=1S/C13H20N2OS2/c1-10-7-11(2)15-12(14-10)18-9-13(8-17)3-5-16-6-4-13/h7,17H,3-6,8-9H2,1-2H3. The molecule has 5 heteroatoms. The van der Waals surface area contributed by atoms with Crippen molar-refractivity contribution in [2.45, 2.75) is 31.8 Å². The molecule has 0 aliphatic carbocycles. The largest absolute Gasteiger partial charge is 0.381 e. The summed E-state index contributed by atoms with van der Waals surface area (Å²) in [5, 5.41) is 0.889. The smallest absolute Gasteiger partial charge is 0.187 e. The lowest BCUT2D eigenvalue weighted by atomic mass is 9.84. The molecule has 0 amide bonds. The highest BCUT2D eigenvalue weighted by Gasteiger charge is 2.31. The highest BCUT2D eigenvalue weighted by molar-refractivity contribution is 7.99. The Morgan fingerprint density at radius 1 is 1.28 bits per heavy atom. The van der Waals surface area contributed by atoms with Gasteiger partial charge in [0.1, 0.15) is 0 Å². The first-order chi connectivity index (χ1) is 8.63. The van der Waals surface area contributed by atoms with Crippen molar-refractivity contribution in [3.8, 4) is 0 Å². The Morgan fingerprint density at radius 2 is 1.89 bits per heavy atom. The highest BCUT2D eigenvalue weighted by Crippen LogP contribution is 2.36. The van der Waals surface area contributed by atoms with Crippen LogP contribution in [0.4, 0.5) is 0 Å². The Bertz CT molecular complexity index is 386. The molecule has 1 aromatic rings. The van der Waals surface area contributed by atoms with Crippen LogP contribution in [0.1, 0.15) is 24.2 Å². The number of hydrogen-bond donors (Lipinski definition) is 1. The monoisotopic (exact) mass is 284 g/mol. The van der Waals surface area contributed by atoms with E-state index in [4.69, 9.17) is 4.74 Å². The van der Waals surface area contributed by atoms with Crippen molar-refractivity contribution >= 4 is 24.4 Å².